The summed E-state index contributed by atoms with van der Waals surface area (Å²) in [7, 11) is 1.37. The summed E-state index contributed by atoms with van der Waals surface area (Å²) in [5.74, 6) is -0.314. The summed E-state index contributed by atoms with van der Waals surface area (Å²) in [5, 5.41) is 0. The Morgan fingerprint density at radius 2 is 1.70 bits per heavy atom. The molecule has 0 aliphatic rings. The third kappa shape index (κ3) is 6.69. The molecule has 0 atom stereocenters. The number of hydrogen-bond donors (Lipinski definition) is 0. The van der Waals surface area contributed by atoms with Crippen molar-refractivity contribution in [2.24, 2.45) is 0 Å². The molecule has 0 fully saturated rings. The van der Waals surface area contributed by atoms with Crippen LogP contribution in [-0.2, 0) is 9.53 Å². The molecule has 3 nitrogen and oxygen atoms in total. The average Bonchev–Trinajstić information content (AvgIpc) is 2.55. The number of ether oxygens (including phenoxy) is 1. The number of allylic oxidation sites excluding steroid dienone is 1. The molecular formula is C19H25BrO3. The van der Waals surface area contributed by atoms with Crippen LogP contribution in [0.4, 0.5) is 0 Å². The average molecular weight is 381 g/mol. The quantitative estimate of drug-likeness (QED) is 0.250. The van der Waals surface area contributed by atoms with Gasteiger partial charge in [0.15, 0.2) is 5.78 Å². The van der Waals surface area contributed by atoms with Crippen molar-refractivity contribution in [2.75, 3.05) is 7.11 Å². The highest BCUT2D eigenvalue weighted by Gasteiger charge is 2.16. The Bertz CT molecular complexity index is 558. The van der Waals surface area contributed by atoms with E-state index in [0.717, 1.165) is 35.7 Å². The molecule has 0 aliphatic heterocycles. The Labute approximate surface area is 147 Å². The maximum Gasteiger partial charge on any atom is 0.334 e. The van der Waals surface area contributed by atoms with Crippen LogP contribution in [0.2, 0.25) is 0 Å². The van der Waals surface area contributed by atoms with E-state index in [2.05, 4.69) is 22.9 Å². The number of aryl methyl sites for hydroxylation is 1. The van der Waals surface area contributed by atoms with E-state index < -0.39 is 0 Å². The molecule has 23 heavy (non-hydrogen) atoms. The lowest BCUT2D eigenvalue weighted by Gasteiger charge is -2.09. The van der Waals surface area contributed by atoms with Gasteiger partial charge in [-0.2, -0.15) is 0 Å². The molecule has 0 unspecified atom stereocenters. The van der Waals surface area contributed by atoms with Crippen molar-refractivity contribution in [3.8, 4) is 0 Å². The maximum atomic E-state index is 12.3. The second-order valence-corrected chi connectivity index (χ2v) is 6.58. The Kier molecular flexibility index (Phi) is 8.85. The van der Waals surface area contributed by atoms with Gasteiger partial charge in [-0.1, -0.05) is 65.5 Å². The highest BCUT2D eigenvalue weighted by molar-refractivity contribution is 9.11. The van der Waals surface area contributed by atoms with Gasteiger partial charge in [-0.15, -0.1) is 0 Å². The molecule has 0 saturated carbocycles. The minimum atomic E-state index is -0.356. The van der Waals surface area contributed by atoms with Gasteiger partial charge in [0.1, 0.15) is 0 Å². The van der Waals surface area contributed by atoms with Gasteiger partial charge in [0.05, 0.1) is 7.11 Å². The second kappa shape index (κ2) is 10.4. The molecule has 0 amide bonds. The lowest BCUT2D eigenvalue weighted by Crippen LogP contribution is -2.09. The monoisotopic (exact) mass is 380 g/mol. The zero-order valence-corrected chi connectivity index (χ0v) is 15.7. The topological polar surface area (TPSA) is 43.4 Å². The van der Waals surface area contributed by atoms with Crippen molar-refractivity contribution in [1.82, 2.24) is 0 Å². The fourth-order valence-electron chi connectivity index (χ4n) is 2.28. The molecule has 0 aliphatic carbocycles. The van der Waals surface area contributed by atoms with Gasteiger partial charge in [-0.05, 0) is 26.2 Å². The van der Waals surface area contributed by atoms with Gasteiger partial charge < -0.3 is 4.74 Å². The summed E-state index contributed by atoms with van der Waals surface area (Å²) in [6, 6.07) is 7.50. The van der Waals surface area contributed by atoms with Crippen LogP contribution >= 0.6 is 15.9 Å². The maximum absolute atomic E-state index is 12.3. The number of ketones is 1. The molecule has 1 aromatic carbocycles. The van der Waals surface area contributed by atoms with Gasteiger partial charge in [0.25, 0.3) is 0 Å². The van der Waals surface area contributed by atoms with Crippen molar-refractivity contribution < 1.29 is 14.3 Å². The molecule has 0 bridgehead atoms. The summed E-state index contributed by atoms with van der Waals surface area (Å²) in [6.45, 7) is 4.12. The number of methoxy groups -OCH3 is 1. The first-order valence-electron chi connectivity index (χ1n) is 8.05. The lowest BCUT2D eigenvalue weighted by molar-refractivity contribution is -0.136. The fourth-order valence-corrected chi connectivity index (χ4v) is 2.92. The summed E-state index contributed by atoms with van der Waals surface area (Å²) < 4.78 is 5.71. The molecule has 0 saturated heterocycles. The molecule has 0 heterocycles. The number of unbranched alkanes of at least 4 members (excludes halogenated alkanes) is 2. The fraction of sp³-hybridized carbons (Fsp3) is 0.474. The first-order valence-corrected chi connectivity index (χ1v) is 8.84. The van der Waals surface area contributed by atoms with Crippen LogP contribution in [0.5, 0.6) is 0 Å². The molecule has 0 N–H and O–H groups in total. The highest BCUT2D eigenvalue weighted by atomic mass is 79.9. The molecule has 0 spiro atoms. The van der Waals surface area contributed by atoms with Gasteiger partial charge >= 0.3 is 5.97 Å². The Hall–Kier alpha value is -1.42. The number of carbonyl (C=O) groups excluding carboxylic acids is 2. The van der Waals surface area contributed by atoms with Crippen molar-refractivity contribution in [3.63, 3.8) is 0 Å². The minimum Gasteiger partial charge on any atom is -0.466 e. The van der Waals surface area contributed by atoms with E-state index in [4.69, 9.17) is 4.74 Å². The Morgan fingerprint density at radius 3 is 2.26 bits per heavy atom. The standard InChI is InChI=1S/C19H25BrO3/c1-4-5-6-7-17(20)16(19(22)23-3)12-13-18(21)15-10-8-14(2)9-11-15/h8-11H,4-7,12-13H2,1-3H3/b17-16-. The van der Waals surface area contributed by atoms with Crippen LogP contribution in [0.25, 0.3) is 0 Å². The second-order valence-electron chi connectivity index (χ2n) is 5.62. The van der Waals surface area contributed by atoms with E-state index in [9.17, 15) is 9.59 Å². The smallest absolute Gasteiger partial charge is 0.334 e. The van der Waals surface area contributed by atoms with E-state index in [1.54, 1.807) is 0 Å². The summed E-state index contributed by atoms with van der Waals surface area (Å²) in [5.41, 5.74) is 2.38. The molecule has 126 valence electrons. The lowest BCUT2D eigenvalue weighted by atomic mass is 10.0. The third-order valence-corrected chi connectivity index (χ3v) is 4.61. The van der Waals surface area contributed by atoms with Crippen LogP contribution in [0.3, 0.4) is 0 Å². The first kappa shape index (κ1) is 19.6. The summed E-state index contributed by atoms with van der Waals surface area (Å²) in [6.07, 6.45) is 4.76. The highest BCUT2D eigenvalue weighted by Crippen LogP contribution is 2.24. The predicted molar refractivity (Wildman–Crippen MR) is 96.9 cm³/mol. The van der Waals surface area contributed by atoms with E-state index in [-0.39, 0.29) is 11.8 Å². The van der Waals surface area contributed by atoms with E-state index in [1.807, 2.05) is 31.2 Å². The summed E-state index contributed by atoms with van der Waals surface area (Å²) in [4.78, 5) is 24.2. The number of carbonyl (C=O) groups is 2. The Balaban J connectivity index is 2.73. The molecule has 4 heteroatoms. The number of benzene rings is 1. The van der Waals surface area contributed by atoms with Gasteiger partial charge in [0, 0.05) is 22.0 Å². The first-order chi connectivity index (χ1) is 11.0. The Morgan fingerprint density at radius 1 is 1.04 bits per heavy atom. The van der Waals surface area contributed by atoms with Crippen molar-refractivity contribution in [3.05, 3.63) is 45.4 Å². The SMILES string of the molecule is CCCCC/C(Br)=C(\CCC(=O)c1ccc(C)cc1)C(=O)OC. The minimum absolute atomic E-state index is 0.0419. The van der Waals surface area contributed by atoms with E-state index >= 15 is 0 Å². The van der Waals surface area contributed by atoms with Gasteiger partial charge in [-0.3, -0.25) is 4.79 Å². The van der Waals surface area contributed by atoms with Crippen molar-refractivity contribution in [1.29, 1.82) is 0 Å². The summed E-state index contributed by atoms with van der Waals surface area (Å²) >= 11 is 3.50. The van der Waals surface area contributed by atoms with Crippen LogP contribution in [0.15, 0.2) is 34.3 Å². The van der Waals surface area contributed by atoms with E-state index in [1.165, 1.54) is 7.11 Å². The number of rotatable bonds is 9. The normalized spacial score (nSPS) is 11.8. The molecule has 0 aromatic heterocycles. The predicted octanol–water partition coefficient (Wildman–Crippen LogP) is 5.36. The van der Waals surface area contributed by atoms with Crippen LogP contribution in [0, 0.1) is 6.92 Å². The van der Waals surface area contributed by atoms with Gasteiger partial charge in [0.2, 0.25) is 0 Å². The molecule has 1 aromatic rings. The van der Waals surface area contributed by atoms with Crippen LogP contribution < -0.4 is 0 Å². The largest absolute Gasteiger partial charge is 0.466 e. The van der Waals surface area contributed by atoms with E-state index in [0.29, 0.717) is 24.0 Å². The van der Waals surface area contributed by atoms with Crippen molar-refractivity contribution >= 4 is 27.7 Å². The van der Waals surface area contributed by atoms with Crippen molar-refractivity contribution in [2.45, 2.75) is 52.4 Å². The number of Topliss-reactive ketones (excluding diaryl/α,β-unsaturated/α-hetero) is 1. The van der Waals surface area contributed by atoms with Crippen LogP contribution in [0.1, 0.15) is 61.4 Å². The van der Waals surface area contributed by atoms with Gasteiger partial charge in [-0.25, -0.2) is 4.79 Å². The third-order valence-electron chi connectivity index (χ3n) is 3.73. The number of halogens is 1. The number of esters is 1. The molecule has 0 radical (unpaired) electrons. The zero-order valence-electron chi connectivity index (χ0n) is 14.2. The number of hydrogen-bond acceptors (Lipinski definition) is 3. The molecular weight excluding hydrogens is 356 g/mol. The zero-order chi connectivity index (χ0) is 17.2. The molecule has 1 rings (SSSR count). The van der Waals surface area contributed by atoms with Crippen LogP contribution in [-0.4, -0.2) is 18.9 Å².